The van der Waals surface area contributed by atoms with Gasteiger partial charge in [-0.3, -0.25) is 0 Å². The van der Waals surface area contributed by atoms with E-state index in [0.717, 1.165) is 12.8 Å². The number of rotatable bonds is 3. The average Bonchev–Trinajstić information content (AvgIpc) is 2.25. The number of likely N-dealkylation sites (N-methyl/N-ethyl adjacent to an activating group) is 1. The predicted molar refractivity (Wildman–Crippen MR) is 73.7 cm³/mol. The lowest BCUT2D eigenvalue weighted by Gasteiger charge is -2.43. The maximum absolute atomic E-state index is 11.7. The lowest BCUT2D eigenvalue weighted by atomic mass is 9.80. The van der Waals surface area contributed by atoms with Gasteiger partial charge in [0.15, 0.2) is 0 Å². The monoisotopic (exact) mass is 256 g/mol. The Balaban J connectivity index is 2.50. The summed E-state index contributed by atoms with van der Waals surface area (Å²) in [6.45, 7) is 6.33. The first-order valence-electron chi connectivity index (χ1n) is 6.89. The highest BCUT2D eigenvalue weighted by Gasteiger charge is 2.34. The smallest absolute Gasteiger partial charge is 0.407 e. The molecule has 0 atom stereocenters. The second kappa shape index (κ2) is 5.91. The molecule has 1 fully saturated rings. The molecule has 1 amide bonds. The van der Waals surface area contributed by atoms with E-state index in [1.165, 1.54) is 19.3 Å². The molecular formula is C14H28N2O2. The molecule has 4 nitrogen and oxygen atoms in total. The van der Waals surface area contributed by atoms with Crippen LogP contribution in [0.2, 0.25) is 0 Å². The number of carbonyl (C=O) groups is 1. The molecule has 0 spiro atoms. The zero-order valence-corrected chi connectivity index (χ0v) is 12.5. The third-order valence-electron chi connectivity index (χ3n) is 3.69. The zero-order valence-electron chi connectivity index (χ0n) is 12.5. The fourth-order valence-electron chi connectivity index (χ4n) is 2.54. The Kier molecular flexibility index (Phi) is 5.02. The first-order chi connectivity index (χ1) is 8.25. The highest BCUT2D eigenvalue weighted by atomic mass is 16.6. The normalized spacial score (nSPS) is 19.7. The average molecular weight is 256 g/mol. The molecule has 18 heavy (non-hydrogen) atoms. The van der Waals surface area contributed by atoms with Crippen LogP contribution in [0.4, 0.5) is 4.79 Å². The van der Waals surface area contributed by atoms with E-state index in [2.05, 4.69) is 24.3 Å². The van der Waals surface area contributed by atoms with E-state index in [4.69, 9.17) is 4.74 Å². The zero-order chi connectivity index (χ0) is 13.8. The van der Waals surface area contributed by atoms with Gasteiger partial charge in [-0.05, 0) is 47.7 Å². The number of hydrogen-bond donors (Lipinski definition) is 1. The number of nitrogens with one attached hydrogen (secondary N) is 1. The minimum atomic E-state index is -0.429. The highest BCUT2D eigenvalue weighted by Crippen LogP contribution is 2.31. The third-order valence-corrected chi connectivity index (χ3v) is 3.69. The summed E-state index contributed by atoms with van der Waals surface area (Å²) in [5, 5.41) is 2.93. The van der Waals surface area contributed by atoms with Crippen LogP contribution in [0.5, 0.6) is 0 Å². The maximum atomic E-state index is 11.7. The van der Waals surface area contributed by atoms with Crippen LogP contribution in [0.15, 0.2) is 0 Å². The molecule has 1 N–H and O–H groups in total. The van der Waals surface area contributed by atoms with Crippen molar-refractivity contribution in [3.63, 3.8) is 0 Å². The Hall–Kier alpha value is -0.770. The Bertz CT molecular complexity index is 276. The Morgan fingerprint density at radius 3 is 2.22 bits per heavy atom. The molecule has 0 unspecified atom stereocenters. The van der Waals surface area contributed by atoms with Gasteiger partial charge in [-0.1, -0.05) is 19.3 Å². The van der Waals surface area contributed by atoms with Crippen LogP contribution in [0, 0.1) is 0 Å². The third kappa shape index (κ3) is 4.48. The van der Waals surface area contributed by atoms with E-state index < -0.39 is 5.60 Å². The van der Waals surface area contributed by atoms with Gasteiger partial charge in [-0.15, -0.1) is 0 Å². The summed E-state index contributed by atoms with van der Waals surface area (Å²) in [6.07, 6.45) is 5.78. The van der Waals surface area contributed by atoms with Crippen molar-refractivity contribution in [2.24, 2.45) is 0 Å². The largest absolute Gasteiger partial charge is 0.444 e. The van der Waals surface area contributed by atoms with E-state index in [-0.39, 0.29) is 11.6 Å². The molecule has 106 valence electrons. The minimum Gasteiger partial charge on any atom is -0.444 e. The van der Waals surface area contributed by atoms with E-state index >= 15 is 0 Å². The van der Waals surface area contributed by atoms with Crippen molar-refractivity contribution in [1.29, 1.82) is 0 Å². The summed E-state index contributed by atoms with van der Waals surface area (Å²) in [4.78, 5) is 14.0. The second-order valence-electron chi connectivity index (χ2n) is 6.53. The summed E-state index contributed by atoms with van der Waals surface area (Å²) in [7, 11) is 4.20. The molecule has 1 rings (SSSR count). The van der Waals surface area contributed by atoms with Crippen LogP contribution >= 0.6 is 0 Å². The molecule has 0 aromatic rings. The Labute approximate surface area is 111 Å². The van der Waals surface area contributed by atoms with Gasteiger partial charge in [0.1, 0.15) is 5.60 Å². The first-order valence-corrected chi connectivity index (χ1v) is 6.89. The van der Waals surface area contributed by atoms with Gasteiger partial charge in [0, 0.05) is 12.1 Å². The minimum absolute atomic E-state index is 0.106. The van der Waals surface area contributed by atoms with Crippen molar-refractivity contribution in [2.75, 3.05) is 20.6 Å². The van der Waals surface area contributed by atoms with Gasteiger partial charge < -0.3 is 15.0 Å². The quantitative estimate of drug-likeness (QED) is 0.844. The Morgan fingerprint density at radius 2 is 1.78 bits per heavy atom. The van der Waals surface area contributed by atoms with Crippen LogP contribution in [-0.2, 0) is 4.74 Å². The molecule has 1 saturated carbocycles. The summed E-state index contributed by atoms with van der Waals surface area (Å²) in [5.41, 5.74) is -0.322. The summed E-state index contributed by atoms with van der Waals surface area (Å²) >= 11 is 0. The standard InChI is InChI=1S/C14H28N2O2/c1-13(2,3)18-12(17)15-11-14(16(4)5)9-7-6-8-10-14/h6-11H2,1-5H3,(H,15,17). The van der Waals surface area contributed by atoms with Crippen LogP contribution < -0.4 is 5.32 Å². The predicted octanol–water partition coefficient (Wildman–Crippen LogP) is 2.78. The van der Waals surface area contributed by atoms with Crippen molar-refractivity contribution in [1.82, 2.24) is 10.2 Å². The van der Waals surface area contributed by atoms with Crippen molar-refractivity contribution in [3.05, 3.63) is 0 Å². The van der Waals surface area contributed by atoms with Crippen molar-refractivity contribution < 1.29 is 9.53 Å². The molecule has 0 aromatic carbocycles. The second-order valence-corrected chi connectivity index (χ2v) is 6.53. The van der Waals surface area contributed by atoms with Crippen LogP contribution in [0.1, 0.15) is 52.9 Å². The van der Waals surface area contributed by atoms with Gasteiger partial charge in [-0.25, -0.2) is 4.79 Å². The lowest BCUT2D eigenvalue weighted by Crippen LogP contribution is -2.54. The van der Waals surface area contributed by atoms with Gasteiger partial charge in [-0.2, -0.15) is 0 Å². The molecule has 0 aliphatic heterocycles. The van der Waals surface area contributed by atoms with E-state index in [0.29, 0.717) is 6.54 Å². The lowest BCUT2D eigenvalue weighted by molar-refractivity contribution is 0.0437. The van der Waals surface area contributed by atoms with Gasteiger partial charge in [0.05, 0.1) is 0 Å². The molecular weight excluding hydrogens is 228 g/mol. The fourth-order valence-corrected chi connectivity index (χ4v) is 2.54. The molecule has 0 saturated heterocycles. The van der Waals surface area contributed by atoms with Crippen LogP contribution in [0.25, 0.3) is 0 Å². The van der Waals surface area contributed by atoms with Crippen molar-refractivity contribution in [3.8, 4) is 0 Å². The summed E-state index contributed by atoms with van der Waals surface area (Å²) < 4.78 is 5.28. The SMILES string of the molecule is CN(C)C1(CNC(=O)OC(C)(C)C)CCCCC1. The van der Waals surface area contributed by atoms with E-state index in [1.54, 1.807) is 0 Å². The van der Waals surface area contributed by atoms with Crippen LogP contribution in [-0.4, -0.2) is 42.8 Å². The van der Waals surface area contributed by atoms with E-state index in [1.807, 2.05) is 20.8 Å². The number of amides is 1. The number of ether oxygens (including phenoxy) is 1. The van der Waals surface area contributed by atoms with Crippen LogP contribution in [0.3, 0.4) is 0 Å². The van der Waals surface area contributed by atoms with Gasteiger partial charge >= 0.3 is 6.09 Å². The molecule has 0 aromatic heterocycles. The molecule has 0 bridgehead atoms. The summed E-state index contributed by atoms with van der Waals surface area (Å²) in [5.74, 6) is 0. The van der Waals surface area contributed by atoms with E-state index in [9.17, 15) is 4.79 Å². The van der Waals surface area contributed by atoms with Gasteiger partial charge in [0.25, 0.3) is 0 Å². The first kappa shape index (κ1) is 15.3. The van der Waals surface area contributed by atoms with Crippen molar-refractivity contribution >= 4 is 6.09 Å². The number of carbonyl (C=O) groups excluding carboxylic acids is 1. The maximum Gasteiger partial charge on any atom is 0.407 e. The fraction of sp³-hybridized carbons (Fsp3) is 0.929. The number of alkyl carbamates (subject to hydrolysis) is 1. The molecule has 4 heteroatoms. The highest BCUT2D eigenvalue weighted by molar-refractivity contribution is 5.67. The van der Waals surface area contributed by atoms with Crippen molar-refractivity contribution in [2.45, 2.75) is 64.0 Å². The number of nitrogens with zero attached hydrogens (tertiary/aromatic N) is 1. The summed E-state index contributed by atoms with van der Waals surface area (Å²) in [6, 6.07) is 0. The molecule has 0 radical (unpaired) electrons. The number of hydrogen-bond acceptors (Lipinski definition) is 3. The Morgan fingerprint density at radius 1 is 1.22 bits per heavy atom. The topological polar surface area (TPSA) is 41.6 Å². The van der Waals surface area contributed by atoms with Gasteiger partial charge in [0.2, 0.25) is 0 Å². The molecule has 0 heterocycles. The molecule has 1 aliphatic rings. The molecule has 1 aliphatic carbocycles.